The van der Waals surface area contributed by atoms with Crippen molar-refractivity contribution in [3.63, 3.8) is 0 Å². The summed E-state index contributed by atoms with van der Waals surface area (Å²) in [6.45, 7) is 12.0. The Morgan fingerprint density at radius 2 is 1.84 bits per heavy atom. The lowest BCUT2D eigenvalue weighted by Crippen LogP contribution is -2.52. The summed E-state index contributed by atoms with van der Waals surface area (Å²) in [4.78, 5) is 46.8. The Balaban J connectivity index is 1.15. The zero-order valence-corrected chi connectivity index (χ0v) is 25.9. The first-order valence-electron chi connectivity index (χ1n) is 15.7. The standard InChI is InChI=1S/C32H44N8O3/c1-23(38-21-28(34-22-38)27-17-33-18-29(35-27)36-12-5-6-13-36)39-15-11-25(16-30(39)41)37-14-7-8-26(20-37)40(19-24-9-10-24)31(42)43-32(2,3)4/h11,15-18,21-24,26H,5-10,12-14,19-20H2,1-4H3/t23?,26-/m1/s1. The SMILES string of the molecule is CC(n1cnc(-c2cncc(N3CCCC3)n2)c1)n1ccc(N2CCC[C@@H](N(CC3CC3)C(=O)OC(C)(C)C)C2)cc1=O. The summed E-state index contributed by atoms with van der Waals surface area (Å²) in [6, 6.07) is 3.77. The fourth-order valence-electron chi connectivity index (χ4n) is 6.09. The van der Waals surface area contributed by atoms with Crippen LogP contribution in [-0.4, -0.2) is 79.4 Å². The van der Waals surface area contributed by atoms with Crippen LogP contribution in [0.4, 0.5) is 16.3 Å². The summed E-state index contributed by atoms with van der Waals surface area (Å²) in [5.41, 5.74) is 1.72. The molecule has 2 aliphatic heterocycles. The predicted octanol–water partition coefficient (Wildman–Crippen LogP) is 4.78. The van der Waals surface area contributed by atoms with Crippen LogP contribution >= 0.6 is 0 Å². The van der Waals surface area contributed by atoms with Gasteiger partial charge in [-0.2, -0.15) is 0 Å². The largest absolute Gasteiger partial charge is 0.444 e. The van der Waals surface area contributed by atoms with Crippen LogP contribution in [0, 0.1) is 5.92 Å². The van der Waals surface area contributed by atoms with Gasteiger partial charge in [0.2, 0.25) is 0 Å². The van der Waals surface area contributed by atoms with Gasteiger partial charge in [0, 0.05) is 56.9 Å². The van der Waals surface area contributed by atoms with Crippen LogP contribution in [0.3, 0.4) is 0 Å². The van der Waals surface area contributed by atoms with E-state index >= 15 is 0 Å². The predicted molar refractivity (Wildman–Crippen MR) is 166 cm³/mol. The number of rotatable bonds is 8. The lowest BCUT2D eigenvalue weighted by Gasteiger charge is -2.40. The molecule has 11 nitrogen and oxygen atoms in total. The third-order valence-electron chi connectivity index (χ3n) is 8.66. The summed E-state index contributed by atoms with van der Waals surface area (Å²) < 4.78 is 9.42. The number of hydrogen-bond donors (Lipinski definition) is 0. The van der Waals surface area contributed by atoms with Gasteiger partial charge < -0.3 is 24.0 Å². The molecular formula is C32H44N8O3. The highest BCUT2D eigenvalue weighted by molar-refractivity contribution is 5.69. The average molecular weight is 589 g/mol. The lowest BCUT2D eigenvalue weighted by molar-refractivity contribution is 0.0134. The van der Waals surface area contributed by atoms with E-state index in [0.29, 0.717) is 12.5 Å². The Kier molecular flexibility index (Phi) is 8.15. The van der Waals surface area contributed by atoms with Crippen LogP contribution in [-0.2, 0) is 4.74 Å². The molecule has 2 atom stereocenters. The molecule has 1 saturated carbocycles. The van der Waals surface area contributed by atoms with Crippen LogP contribution in [0.15, 0.2) is 48.0 Å². The molecule has 0 radical (unpaired) electrons. The normalized spacial score (nSPS) is 19.9. The van der Waals surface area contributed by atoms with E-state index in [0.717, 1.165) is 61.9 Å². The summed E-state index contributed by atoms with van der Waals surface area (Å²) in [5.74, 6) is 1.45. The molecule has 1 aliphatic carbocycles. The maximum Gasteiger partial charge on any atom is 0.410 e. The van der Waals surface area contributed by atoms with Crippen molar-refractivity contribution in [2.75, 3.05) is 42.5 Å². The molecule has 6 rings (SSSR count). The lowest BCUT2D eigenvalue weighted by atomic mass is 10.0. The quantitative estimate of drug-likeness (QED) is 0.371. The Hall–Kier alpha value is -3.89. The molecule has 3 aliphatic rings. The topological polar surface area (TPSA) is 102 Å². The second-order valence-corrected chi connectivity index (χ2v) is 13.2. The molecule has 0 aromatic carbocycles. The van der Waals surface area contributed by atoms with Crippen LogP contribution in [0.25, 0.3) is 11.4 Å². The number of nitrogens with zero attached hydrogens (tertiary/aromatic N) is 8. The number of pyridine rings is 1. The number of hydrogen-bond acceptors (Lipinski definition) is 8. The molecular weight excluding hydrogens is 544 g/mol. The maximum atomic E-state index is 13.4. The van der Waals surface area contributed by atoms with Crippen molar-refractivity contribution in [1.82, 2.24) is 29.0 Å². The monoisotopic (exact) mass is 588 g/mol. The van der Waals surface area contributed by atoms with Gasteiger partial charge in [-0.15, -0.1) is 0 Å². The first-order valence-corrected chi connectivity index (χ1v) is 15.7. The van der Waals surface area contributed by atoms with Gasteiger partial charge in [0.05, 0.1) is 24.8 Å². The number of aromatic nitrogens is 5. The second-order valence-electron chi connectivity index (χ2n) is 13.2. The van der Waals surface area contributed by atoms with Crippen molar-refractivity contribution in [1.29, 1.82) is 0 Å². The Morgan fingerprint density at radius 1 is 1.07 bits per heavy atom. The molecule has 3 aromatic heterocycles. The zero-order valence-electron chi connectivity index (χ0n) is 25.9. The van der Waals surface area contributed by atoms with E-state index in [9.17, 15) is 9.59 Å². The van der Waals surface area contributed by atoms with Crippen LogP contribution in [0.2, 0.25) is 0 Å². The van der Waals surface area contributed by atoms with Crippen molar-refractivity contribution < 1.29 is 9.53 Å². The van der Waals surface area contributed by atoms with Gasteiger partial charge in [-0.25, -0.2) is 14.8 Å². The van der Waals surface area contributed by atoms with E-state index in [1.54, 1.807) is 23.2 Å². The zero-order chi connectivity index (χ0) is 30.1. The molecule has 3 aromatic rings. The minimum Gasteiger partial charge on any atom is -0.444 e. The van der Waals surface area contributed by atoms with Crippen molar-refractivity contribution in [2.24, 2.45) is 5.92 Å². The van der Waals surface area contributed by atoms with Gasteiger partial charge in [-0.1, -0.05) is 0 Å². The molecule has 0 N–H and O–H groups in total. The van der Waals surface area contributed by atoms with E-state index in [2.05, 4.69) is 19.8 Å². The smallest absolute Gasteiger partial charge is 0.410 e. The van der Waals surface area contributed by atoms with E-state index in [4.69, 9.17) is 9.72 Å². The van der Waals surface area contributed by atoms with Gasteiger partial charge in [0.25, 0.3) is 5.56 Å². The number of ether oxygens (including phenoxy) is 1. The van der Waals surface area contributed by atoms with Gasteiger partial charge in [0.15, 0.2) is 0 Å². The van der Waals surface area contributed by atoms with Crippen molar-refractivity contribution in [2.45, 2.75) is 84.0 Å². The van der Waals surface area contributed by atoms with E-state index in [-0.39, 0.29) is 23.9 Å². The van der Waals surface area contributed by atoms with Gasteiger partial charge in [-0.05, 0) is 78.2 Å². The molecule has 1 unspecified atom stereocenters. The number of anilines is 2. The highest BCUT2D eigenvalue weighted by Crippen LogP contribution is 2.33. The number of carbonyl (C=O) groups is 1. The van der Waals surface area contributed by atoms with Crippen LogP contribution in [0.5, 0.6) is 0 Å². The molecule has 43 heavy (non-hydrogen) atoms. The maximum absolute atomic E-state index is 13.4. The van der Waals surface area contributed by atoms with E-state index in [1.807, 2.05) is 61.8 Å². The summed E-state index contributed by atoms with van der Waals surface area (Å²) in [6.07, 6.45) is 15.1. The minimum absolute atomic E-state index is 0.0574. The Bertz CT molecular complexity index is 1480. The molecule has 3 fully saturated rings. The highest BCUT2D eigenvalue weighted by atomic mass is 16.6. The highest BCUT2D eigenvalue weighted by Gasteiger charge is 2.36. The number of carbonyl (C=O) groups excluding carboxylic acids is 1. The van der Waals surface area contributed by atoms with Crippen molar-refractivity contribution in [3.05, 3.63) is 53.6 Å². The fraction of sp³-hybridized carbons (Fsp3) is 0.594. The molecule has 5 heterocycles. The van der Waals surface area contributed by atoms with Gasteiger partial charge in [-0.3, -0.25) is 14.3 Å². The molecule has 2 saturated heterocycles. The first-order chi connectivity index (χ1) is 20.6. The third kappa shape index (κ3) is 6.86. The number of amides is 1. The van der Waals surface area contributed by atoms with Crippen LogP contribution < -0.4 is 15.4 Å². The summed E-state index contributed by atoms with van der Waals surface area (Å²) >= 11 is 0. The van der Waals surface area contributed by atoms with E-state index in [1.165, 1.54) is 25.7 Å². The first kappa shape index (κ1) is 29.2. The number of piperidine rings is 1. The molecule has 1 amide bonds. The molecule has 230 valence electrons. The van der Waals surface area contributed by atoms with E-state index < -0.39 is 5.60 Å². The molecule has 0 spiro atoms. The minimum atomic E-state index is -0.532. The third-order valence-corrected chi connectivity index (χ3v) is 8.66. The van der Waals surface area contributed by atoms with Gasteiger partial charge >= 0.3 is 6.09 Å². The van der Waals surface area contributed by atoms with Crippen molar-refractivity contribution in [3.8, 4) is 11.4 Å². The van der Waals surface area contributed by atoms with Crippen molar-refractivity contribution >= 4 is 17.6 Å². The summed E-state index contributed by atoms with van der Waals surface area (Å²) in [5, 5.41) is 0. The Morgan fingerprint density at radius 3 is 2.56 bits per heavy atom. The molecule has 11 heteroatoms. The number of imidazole rings is 1. The second kappa shape index (κ2) is 12.0. The fourth-order valence-corrected chi connectivity index (χ4v) is 6.09. The Labute approximate surface area is 253 Å². The van der Waals surface area contributed by atoms with Crippen LogP contribution in [0.1, 0.15) is 72.4 Å². The summed E-state index contributed by atoms with van der Waals surface area (Å²) in [7, 11) is 0. The average Bonchev–Trinajstić information content (AvgIpc) is 3.41. The molecule has 0 bridgehead atoms. The van der Waals surface area contributed by atoms with Gasteiger partial charge in [0.1, 0.15) is 29.0 Å².